The summed E-state index contributed by atoms with van der Waals surface area (Å²) in [7, 11) is -1.19. The molecule has 1 atom stereocenters. The van der Waals surface area contributed by atoms with Crippen molar-refractivity contribution in [2.24, 2.45) is 5.92 Å². The van der Waals surface area contributed by atoms with Crippen LogP contribution in [0.4, 0.5) is 0 Å². The van der Waals surface area contributed by atoms with Gasteiger partial charge in [0.2, 0.25) is 0 Å². The fourth-order valence-corrected chi connectivity index (χ4v) is 1.83. The fourth-order valence-electron chi connectivity index (χ4n) is 1.35. The zero-order chi connectivity index (χ0) is 11.9. The molecular weight excluding hydrogens is 214 g/mol. The van der Waals surface area contributed by atoms with Crippen LogP contribution >= 0.6 is 0 Å². The van der Waals surface area contributed by atoms with Gasteiger partial charge in [-0.05, 0) is 12.3 Å². The molecule has 92 valence electrons. The van der Waals surface area contributed by atoms with Crippen molar-refractivity contribution in [3.05, 3.63) is 0 Å². The first kappa shape index (κ1) is 14.9. The second-order valence-electron chi connectivity index (χ2n) is 4.22. The number of sulfone groups is 1. The summed E-state index contributed by atoms with van der Waals surface area (Å²) < 4.78 is 26.9. The van der Waals surface area contributed by atoms with E-state index in [9.17, 15) is 8.42 Å². The van der Waals surface area contributed by atoms with Crippen LogP contribution in [0.2, 0.25) is 0 Å². The Hall–Kier alpha value is -0.130. The van der Waals surface area contributed by atoms with E-state index in [-0.39, 0.29) is 5.75 Å². The third-order valence-electron chi connectivity index (χ3n) is 2.32. The lowest BCUT2D eigenvalue weighted by Gasteiger charge is -2.21. The molecular formula is C10H23NO3S. The van der Waals surface area contributed by atoms with E-state index in [1.807, 2.05) is 0 Å². The number of rotatable bonds is 8. The van der Waals surface area contributed by atoms with E-state index in [0.717, 1.165) is 6.42 Å². The monoisotopic (exact) mass is 237 g/mol. The Labute approximate surface area is 93.3 Å². The Morgan fingerprint density at radius 1 is 1.33 bits per heavy atom. The van der Waals surface area contributed by atoms with Gasteiger partial charge in [0.25, 0.3) is 0 Å². The SMILES string of the molecule is COCCC(NCCS(C)(=O)=O)C(C)C. The number of nitrogens with one attached hydrogen (secondary N) is 1. The molecule has 0 saturated carbocycles. The van der Waals surface area contributed by atoms with Crippen LogP contribution in [-0.2, 0) is 14.6 Å². The normalized spacial score (nSPS) is 14.5. The molecule has 0 aromatic rings. The largest absolute Gasteiger partial charge is 0.385 e. The molecule has 0 aliphatic rings. The van der Waals surface area contributed by atoms with Crippen molar-refractivity contribution in [2.45, 2.75) is 26.3 Å². The van der Waals surface area contributed by atoms with Crippen LogP contribution in [0.25, 0.3) is 0 Å². The zero-order valence-corrected chi connectivity index (χ0v) is 10.9. The first-order chi connectivity index (χ1) is 6.87. The molecule has 4 nitrogen and oxygen atoms in total. The molecule has 0 bridgehead atoms. The van der Waals surface area contributed by atoms with Gasteiger partial charge in [-0.2, -0.15) is 0 Å². The minimum atomic E-state index is -2.86. The van der Waals surface area contributed by atoms with Crippen molar-refractivity contribution in [2.75, 3.05) is 32.3 Å². The predicted molar refractivity (Wildman–Crippen MR) is 62.8 cm³/mol. The summed E-state index contributed by atoms with van der Waals surface area (Å²) >= 11 is 0. The molecule has 1 unspecified atom stereocenters. The Morgan fingerprint density at radius 3 is 2.33 bits per heavy atom. The lowest BCUT2D eigenvalue weighted by molar-refractivity contribution is 0.174. The fraction of sp³-hybridized carbons (Fsp3) is 1.00. The van der Waals surface area contributed by atoms with Crippen LogP contribution in [0, 0.1) is 5.92 Å². The summed E-state index contributed by atoms with van der Waals surface area (Å²) in [6.07, 6.45) is 2.17. The second kappa shape index (κ2) is 7.19. The molecule has 0 saturated heterocycles. The van der Waals surface area contributed by atoms with Gasteiger partial charge in [0.05, 0.1) is 5.75 Å². The molecule has 15 heavy (non-hydrogen) atoms. The average molecular weight is 237 g/mol. The van der Waals surface area contributed by atoms with E-state index >= 15 is 0 Å². The Bertz CT molecular complexity index is 249. The molecule has 0 aliphatic heterocycles. The van der Waals surface area contributed by atoms with Crippen molar-refractivity contribution >= 4 is 9.84 Å². The molecule has 1 N–H and O–H groups in total. The zero-order valence-electron chi connectivity index (χ0n) is 10.1. The third kappa shape index (κ3) is 8.84. The molecule has 0 amide bonds. The molecule has 0 rings (SSSR count). The van der Waals surface area contributed by atoms with Crippen LogP contribution in [0.1, 0.15) is 20.3 Å². The number of ether oxygens (including phenoxy) is 1. The first-order valence-corrected chi connectivity index (χ1v) is 7.33. The standard InChI is InChI=1S/C10H23NO3S/c1-9(2)10(5-7-14-3)11-6-8-15(4,12)13/h9-11H,5-8H2,1-4H3. The van der Waals surface area contributed by atoms with E-state index in [0.29, 0.717) is 25.1 Å². The van der Waals surface area contributed by atoms with Crippen LogP contribution in [0.3, 0.4) is 0 Å². The molecule has 0 fully saturated rings. The van der Waals surface area contributed by atoms with E-state index in [2.05, 4.69) is 19.2 Å². The molecule has 0 aromatic heterocycles. The average Bonchev–Trinajstić information content (AvgIpc) is 2.08. The summed E-state index contributed by atoms with van der Waals surface area (Å²) in [5, 5.41) is 3.25. The quantitative estimate of drug-likeness (QED) is 0.674. The van der Waals surface area contributed by atoms with Crippen LogP contribution in [0.15, 0.2) is 0 Å². The maximum absolute atomic E-state index is 10.9. The summed E-state index contributed by atoms with van der Waals surface area (Å²) in [6.45, 7) is 5.46. The highest BCUT2D eigenvalue weighted by Crippen LogP contribution is 2.05. The summed E-state index contributed by atoms with van der Waals surface area (Å²) in [5.41, 5.74) is 0. The van der Waals surface area contributed by atoms with Gasteiger partial charge < -0.3 is 10.1 Å². The molecule has 0 spiro atoms. The van der Waals surface area contributed by atoms with E-state index in [1.165, 1.54) is 6.26 Å². The van der Waals surface area contributed by atoms with Crippen molar-refractivity contribution < 1.29 is 13.2 Å². The van der Waals surface area contributed by atoms with Gasteiger partial charge in [0, 0.05) is 32.6 Å². The molecule has 0 heterocycles. The highest BCUT2D eigenvalue weighted by Gasteiger charge is 2.12. The third-order valence-corrected chi connectivity index (χ3v) is 3.26. The number of hydrogen-bond acceptors (Lipinski definition) is 4. The molecule has 5 heteroatoms. The van der Waals surface area contributed by atoms with Gasteiger partial charge in [-0.1, -0.05) is 13.8 Å². The summed E-state index contributed by atoms with van der Waals surface area (Å²) in [4.78, 5) is 0. The van der Waals surface area contributed by atoms with Crippen LogP contribution < -0.4 is 5.32 Å². The van der Waals surface area contributed by atoms with Crippen molar-refractivity contribution in [1.29, 1.82) is 0 Å². The van der Waals surface area contributed by atoms with Gasteiger partial charge in [-0.3, -0.25) is 0 Å². The summed E-state index contributed by atoms with van der Waals surface area (Å²) in [5.74, 6) is 0.683. The summed E-state index contributed by atoms with van der Waals surface area (Å²) in [6, 6.07) is 0.326. The number of methoxy groups -OCH3 is 1. The highest BCUT2D eigenvalue weighted by atomic mass is 32.2. The minimum absolute atomic E-state index is 0.198. The van der Waals surface area contributed by atoms with Gasteiger partial charge in [-0.25, -0.2) is 8.42 Å². The van der Waals surface area contributed by atoms with Crippen LogP contribution in [0.5, 0.6) is 0 Å². The Balaban J connectivity index is 3.86. The second-order valence-corrected chi connectivity index (χ2v) is 6.48. The van der Waals surface area contributed by atoms with Gasteiger partial charge >= 0.3 is 0 Å². The number of hydrogen-bond donors (Lipinski definition) is 1. The van der Waals surface area contributed by atoms with E-state index < -0.39 is 9.84 Å². The lowest BCUT2D eigenvalue weighted by atomic mass is 10.0. The topological polar surface area (TPSA) is 55.4 Å². The molecule has 0 radical (unpaired) electrons. The minimum Gasteiger partial charge on any atom is -0.385 e. The van der Waals surface area contributed by atoms with Gasteiger partial charge in [0.1, 0.15) is 9.84 Å². The van der Waals surface area contributed by atoms with Crippen molar-refractivity contribution in [3.63, 3.8) is 0 Å². The molecule has 0 aromatic carbocycles. The maximum Gasteiger partial charge on any atom is 0.148 e. The van der Waals surface area contributed by atoms with Gasteiger partial charge in [-0.15, -0.1) is 0 Å². The van der Waals surface area contributed by atoms with Crippen molar-refractivity contribution in [3.8, 4) is 0 Å². The smallest absolute Gasteiger partial charge is 0.148 e. The molecule has 0 aliphatic carbocycles. The first-order valence-electron chi connectivity index (χ1n) is 5.27. The van der Waals surface area contributed by atoms with E-state index in [1.54, 1.807) is 7.11 Å². The van der Waals surface area contributed by atoms with E-state index in [4.69, 9.17) is 4.74 Å². The van der Waals surface area contributed by atoms with Crippen molar-refractivity contribution in [1.82, 2.24) is 5.32 Å². The predicted octanol–water partition coefficient (Wildman–Crippen LogP) is 0.682. The van der Waals surface area contributed by atoms with Gasteiger partial charge in [0.15, 0.2) is 0 Å². The highest BCUT2D eigenvalue weighted by molar-refractivity contribution is 7.90. The maximum atomic E-state index is 10.9. The van der Waals surface area contributed by atoms with Crippen LogP contribution in [-0.4, -0.2) is 46.7 Å². The Kier molecular flexibility index (Phi) is 7.13. The lowest BCUT2D eigenvalue weighted by Crippen LogP contribution is -2.37. The Morgan fingerprint density at radius 2 is 1.93 bits per heavy atom.